The molecule has 17 heavy (non-hydrogen) atoms. The summed E-state index contributed by atoms with van der Waals surface area (Å²) in [7, 11) is 1.70. The summed E-state index contributed by atoms with van der Waals surface area (Å²) in [5, 5.41) is 2.90. The highest BCUT2D eigenvalue weighted by atomic mass is 32.1. The number of methoxy groups -OCH3 is 1. The molecule has 0 aliphatic rings. The van der Waals surface area contributed by atoms with Gasteiger partial charge in [0.25, 0.3) is 0 Å². The molecule has 1 aromatic heterocycles. The van der Waals surface area contributed by atoms with Crippen LogP contribution in [0.25, 0.3) is 11.1 Å². The second-order valence-electron chi connectivity index (χ2n) is 4.35. The van der Waals surface area contributed by atoms with E-state index in [1.165, 1.54) is 5.56 Å². The Kier molecular flexibility index (Phi) is 3.38. The molecule has 0 fully saturated rings. The lowest BCUT2D eigenvalue weighted by Crippen LogP contribution is -1.92. The van der Waals surface area contributed by atoms with Crippen LogP contribution in [0.1, 0.15) is 25.3 Å². The van der Waals surface area contributed by atoms with E-state index in [1.807, 2.05) is 12.1 Å². The van der Waals surface area contributed by atoms with Crippen LogP contribution in [0.5, 0.6) is 5.75 Å². The minimum absolute atomic E-state index is 0.510. The molecular weight excluding hydrogens is 230 g/mol. The number of nitrogens with two attached hydrogens (primary N) is 1. The zero-order chi connectivity index (χ0) is 12.4. The number of hydrogen-bond acceptors (Lipinski definition) is 3. The number of rotatable bonds is 3. The lowest BCUT2D eigenvalue weighted by molar-refractivity contribution is 0.416. The number of benzene rings is 1. The highest BCUT2D eigenvalue weighted by Crippen LogP contribution is 2.35. The largest absolute Gasteiger partial charge is 0.496 e. The summed E-state index contributed by atoms with van der Waals surface area (Å²) in [6.07, 6.45) is 0. The predicted molar refractivity (Wildman–Crippen MR) is 74.8 cm³/mol. The van der Waals surface area contributed by atoms with Crippen molar-refractivity contribution in [2.24, 2.45) is 0 Å². The summed E-state index contributed by atoms with van der Waals surface area (Å²) < 4.78 is 5.41. The Hall–Kier alpha value is -1.48. The van der Waals surface area contributed by atoms with Gasteiger partial charge < -0.3 is 10.5 Å². The average Bonchev–Trinajstić information content (AvgIpc) is 2.74. The standard InChI is InChI=1S/C14H17NOS/c1-9(2)10-4-5-13(16-3)12(6-10)11-7-14(15)17-8-11/h4-9H,15H2,1-3H3. The van der Waals surface area contributed by atoms with E-state index in [0.29, 0.717) is 5.92 Å². The monoisotopic (exact) mass is 247 g/mol. The molecule has 2 nitrogen and oxygen atoms in total. The molecule has 2 N–H and O–H groups in total. The molecule has 1 aromatic carbocycles. The highest BCUT2D eigenvalue weighted by molar-refractivity contribution is 7.14. The summed E-state index contributed by atoms with van der Waals surface area (Å²) in [6, 6.07) is 8.32. The van der Waals surface area contributed by atoms with Gasteiger partial charge >= 0.3 is 0 Å². The summed E-state index contributed by atoms with van der Waals surface area (Å²) in [4.78, 5) is 0. The molecule has 90 valence electrons. The summed E-state index contributed by atoms with van der Waals surface area (Å²) in [5.74, 6) is 1.41. The van der Waals surface area contributed by atoms with Gasteiger partial charge in [-0.3, -0.25) is 0 Å². The number of hydrogen-bond donors (Lipinski definition) is 1. The van der Waals surface area contributed by atoms with Crippen molar-refractivity contribution in [3.05, 3.63) is 35.2 Å². The second-order valence-corrected chi connectivity index (χ2v) is 5.29. The van der Waals surface area contributed by atoms with E-state index in [-0.39, 0.29) is 0 Å². The van der Waals surface area contributed by atoms with Crippen molar-refractivity contribution in [2.45, 2.75) is 19.8 Å². The first-order valence-corrected chi connectivity index (χ1v) is 6.52. The third-order valence-electron chi connectivity index (χ3n) is 2.82. The first-order valence-electron chi connectivity index (χ1n) is 5.64. The van der Waals surface area contributed by atoms with Crippen molar-refractivity contribution in [1.29, 1.82) is 0 Å². The van der Waals surface area contributed by atoms with Crippen LogP contribution in [0.2, 0.25) is 0 Å². The van der Waals surface area contributed by atoms with Gasteiger partial charge in [0.05, 0.1) is 12.1 Å². The third-order valence-corrected chi connectivity index (χ3v) is 3.58. The molecule has 0 spiro atoms. The van der Waals surface area contributed by atoms with Gasteiger partial charge in [0.1, 0.15) is 5.75 Å². The van der Waals surface area contributed by atoms with Crippen LogP contribution in [-0.2, 0) is 0 Å². The molecule has 0 atom stereocenters. The maximum atomic E-state index is 5.78. The molecular formula is C14H17NOS. The van der Waals surface area contributed by atoms with Crippen molar-refractivity contribution >= 4 is 16.3 Å². The molecule has 2 aromatic rings. The first-order chi connectivity index (χ1) is 8.11. The normalized spacial score (nSPS) is 10.8. The Morgan fingerprint density at radius 2 is 2.00 bits per heavy atom. The molecule has 0 aliphatic heterocycles. The molecule has 2 rings (SSSR count). The molecule has 0 saturated heterocycles. The highest BCUT2D eigenvalue weighted by Gasteiger charge is 2.10. The molecule has 3 heteroatoms. The van der Waals surface area contributed by atoms with Gasteiger partial charge in [-0.2, -0.15) is 0 Å². The molecule has 0 aliphatic carbocycles. The lowest BCUT2D eigenvalue weighted by atomic mass is 9.98. The summed E-state index contributed by atoms with van der Waals surface area (Å²) >= 11 is 1.55. The van der Waals surface area contributed by atoms with Gasteiger partial charge in [-0.05, 0) is 35.2 Å². The van der Waals surface area contributed by atoms with E-state index in [0.717, 1.165) is 21.9 Å². The summed E-state index contributed by atoms with van der Waals surface area (Å²) in [5.41, 5.74) is 9.34. The van der Waals surface area contributed by atoms with Crippen LogP contribution < -0.4 is 10.5 Å². The van der Waals surface area contributed by atoms with Gasteiger partial charge in [-0.1, -0.05) is 19.9 Å². The van der Waals surface area contributed by atoms with Crippen molar-refractivity contribution in [3.63, 3.8) is 0 Å². The quantitative estimate of drug-likeness (QED) is 0.885. The van der Waals surface area contributed by atoms with Gasteiger partial charge in [-0.25, -0.2) is 0 Å². The Morgan fingerprint density at radius 3 is 2.53 bits per heavy atom. The molecule has 1 heterocycles. The minimum atomic E-state index is 0.510. The van der Waals surface area contributed by atoms with Gasteiger partial charge in [0, 0.05) is 10.9 Å². The fourth-order valence-corrected chi connectivity index (χ4v) is 2.46. The SMILES string of the molecule is COc1ccc(C(C)C)cc1-c1csc(N)c1. The van der Waals surface area contributed by atoms with Crippen molar-refractivity contribution in [2.75, 3.05) is 12.8 Å². The van der Waals surface area contributed by atoms with E-state index < -0.39 is 0 Å². The number of nitrogen functional groups attached to an aromatic ring is 1. The number of thiophene rings is 1. The fraction of sp³-hybridized carbons (Fsp3) is 0.286. The molecule has 0 bridgehead atoms. The van der Waals surface area contributed by atoms with Gasteiger partial charge in [-0.15, -0.1) is 11.3 Å². The Morgan fingerprint density at radius 1 is 1.24 bits per heavy atom. The maximum absolute atomic E-state index is 5.78. The van der Waals surface area contributed by atoms with Crippen LogP contribution in [0, 0.1) is 0 Å². The third kappa shape index (κ3) is 2.44. The number of ether oxygens (including phenoxy) is 1. The van der Waals surface area contributed by atoms with Crippen LogP contribution in [-0.4, -0.2) is 7.11 Å². The first kappa shape index (κ1) is 12.0. The summed E-state index contributed by atoms with van der Waals surface area (Å²) in [6.45, 7) is 4.38. The van der Waals surface area contributed by atoms with Gasteiger partial charge in [0.15, 0.2) is 0 Å². The van der Waals surface area contributed by atoms with Gasteiger partial charge in [0.2, 0.25) is 0 Å². The van der Waals surface area contributed by atoms with E-state index in [4.69, 9.17) is 10.5 Å². The Bertz CT molecular complexity index is 517. The van der Waals surface area contributed by atoms with Crippen LogP contribution in [0.4, 0.5) is 5.00 Å². The topological polar surface area (TPSA) is 35.2 Å². The van der Waals surface area contributed by atoms with Crippen LogP contribution >= 0.6 is 11.3 Å². The van der Waals surface area contributed by atoms with Crippen molar-refractivity contribution in [1.82, 2.24) is 0 Å². The van der Waals surface area contributed by atoms with E-state index >= 15 is 0 Å². The Labute approximate surface area is 106 Å². The maximum Gasteiger partial charge on any atom is 0.126 e. The van der Waals surface area contributed by atoms with E-state index in [9.17, 15) is 0 Å². The molecule has 0 amide bonds. The van der Waals surface area contributed by atoms with Crippen LogP contribution in [0.3, 0.4) is 0 Å². The van der Waals surface area contributed by atoms with Crippen molar-refractivity contribution < 1.29 is 4.74 Å². The van der Waals surface area contributed by atoms with Crippen molar-refractivity contribution in [3.8, 4) is 16.9 Å². The van der Waals surface area contributed by atoms with Crippen LogP contribution in [0.15, 0.2) is 29.6 Å². The minimum Gasteiger partial charge on any atom is -0.496 e. The molecule has 0 saturated carbocycles. The second kappa shape index (κ2) is 4.80. The smallest absolute Gasteiger partial charge is 0.126 e. The fourth-order valence-electron chi connectivity index (χ4n) is 1.80. The Balaban J connectivity index is 2.53. The number of anilines is 1. The predicted octanol–water partition coefficient (Wildman–Crippen LogP) is 4.13. The van der Waals surface area contributed by atoms with E-state index in [1.54, 1.807) is 18.4 Å². The average molecular weight is 247 g/mol. The zero-order valence-electron chi connectivity index (χ0n) is 10.4. The molecule has 0 radical (unpaired) electrons. The van der Waals surface area contributed by atoms with E-state index in [2.05, 4.69) is 31.4 Å². The molecule has 0 unspecified atom stereocenters. The lowest BCUT2D eigenvalue weighted by Gasteiger charge is -2.11. The zero-order valence-corrected chi connectivity index (χ0v) is 11.2.